The van der Waals surface area contributed by atoms with Crippen molar-refractivity contribution in [2.24, 2.45) is 0 Å². The van der Waals surface area contributed by atoms with Crippen LogP contribution < -0.4 is 10.2 Å². The molecule has 1 aromatic rings. The second-order valence-corrected chi connectivity index (χ2v) is 7.33. The number of rotatable bonds is 4. The number of ether oxygens (including phenoxy) is 2. The van der Waals surface area contributed by atoms with Gasteiger partial charge in [0, 0.05) is 26.2 Å². The molecule has 0 spiro atoms. The molecule has 2 fully saturated rings. The maximum absolute atomic E-state index is 13.2. The smallest absolute Gasteiger partial charge is 0.378 e. The van der Waals surface area contributed by atoms with Gasteiger partial charge in [-0.25, -0.2) is 0 Å². The third kappa shape index (κ3) is 5.36. The summed E-state index contributed by atoms with van der Waals surface area (Å²) in [7, 11) is 0. The van der Waals surface area contributed by atoms with Gasteiger partial charge in [-0.05, 0) is 32.0 Å². The highest BCUT2D eigenvalue weighted by Crippen LogP contribution is 2.35. The lowest BCUT2D eigenvalue weighted by atomic mass is 10.1. The number of carbonyl (C=O) groups is 1. The van der Waals surface area contributed by atoms with Crippen LogP contribution in [0.2, 0.25) is 0 Å². The molecule has 2 atom stereocenters. The van der Waals surface area contributed by atoms with E-state index in [-0.39, 0.29) is 30.3 Å². The fraction of sp³-hybridized carbons (Fsp3) is 0.632. The molecule has 2 aliphatic heterocycles. The van der Waals surface area contributed by atoms with Crippen molar-refractivity contribution in [3.8, 4) is 0 Å². The van der Waals surface area contributed by atoms with E-state index >= 15 is 0 Å². The molecule has 2 aliphatic rings. The number of hydrogen-bond donors (Lipinski definition) is 1. The molecule has 0 saturated carbocycles. The van der Waals surface area contributed by atoms with Crippen molar-refractivity contribution in [1.29, 1.82) is 0 Å². The molecule has 1 aromatic carbocycles. The molecule has 9 heteroatoms. The molecule has 6 nitrogen and oxygen atoms in total. The fourth-order valence-corrected chi connectivity index (χ4v) is 3.70. The van der Waals surface area contributed by atoms with E-state index in [1.807, 2.05) is 23.6 Å². The topological polar surface area (TPSA) is 54.0 Å². The van der Waals surface area contributed by atoms with Gasteiger partial charge in [-0.3, -0.25) is 9.69 Å². The third-order valence-corrected chi connectivity index (χ3v) is 4.81. The summed E-state index contributed by atoms with van der Waals surface area (Å²) >= 11 is 0. The summed E-state index contributed by atoms with van der Waals surface area (Å²) < 4.78 is 50.5. The minimum atomic E-state index is -4.47. The maximum Gasteiger partial charge on any atom is 0.416 e. The average Bonchev–Trinajstić information content (AvgIpc) is 2.60. The first kappa shape index (κ1) is 20.9. The van der Waals surface area contributed by atoms with E-state index in [9.17, 15) is 18.0 Å². The number of anilines is 2. The molecule has 0 aromatic heterocycles. The van der Waals surface area contributed by atoms with Crippen molar-refractivity contribution in [3.05, 3.63) is 23.8 Å². The fourth-order valence-electron chi connectivity index (χ4n) is 3.70. The maximum atomic E-state index is 13.2. The molecule has 156 valence electrons. The number of alkyl halides is 3. The quantitative estimate of drug-likeness (QED) is 0.841. The molecule has 2 saturated heterocycles. The molecule has 1 N–H and O–H groups in total. The lowest BCUT2D eigenvalue weighted by molar-refractivity contribution is -0.137. The van der Waals surface area contributed by atoms with Crippen molar-refractivity contribution < 1.29 is 27.4 Å². The van der Waals surface area contributed by atoms with Crippen molar-refractivity contribution in [2.75, 3.05) is 56.2 Å². The first-order valence-corrected chi connectivity index (χ1v) is 9.44. The van der Waals surface area contributed by atoms with Crippen molar-refractivity contribution in [1.82, 2.24) is 4.90 Å². The van der Waals surface area contributed by atoms with Gasteiger partial charge in [0.15, 0.2) is 0 Å². The molecule has 0 aliphatic carbocycles. The summed E-state index contributed by atoms with van der Waals surface area (Å²) in [4.78, 5) is 16.5. The minimum absolute atomic E-state index is 0.00835. The largest absolute Gasteiger partial charge is 0.416 e. The van der Waals surface area contributed by atoms with Crippen molar-refractivity contribution >= 4 is 17.3 Å². The van der Waals surface area contributed by atoms with Crippen LogP contribution >= 0.6 is 0 Å². The summed E-state index contributed by atoms with van der Waals surface area (Å²) in [5.74, 6) is -0.338. The van der Waals surface area contributed by atoms with Gasteiger partial charge >= 0.3 is 6.18 Å². The van der Waals surface area contributed by atoms with Crippen LogP contribution in [0.5, 0.6) is 0 Å². The first-order valence-electron chi connectivity index (χ1n) is 9.44. The Balaban J connectivity index is 1.76. The predicted molar refractivity (Wildman–Crippen MR) is 99.6 cm³/mol. The van der Waals surface area contributed by atoms with Crippen molar-refractivity contribution in [2.45, 2.75) is 32.2 Å². The Bertz CT molecular complexity index is 683. The highest BCUT2D eigenvalue weighted by molar-refractivity contribution is 5.95. The van der Waals surface area contributed by atoms with Gasteiger partial charge in [0.1, 0.15) is 0 Å². The summed E-state index contributed by atoms with van der Waals surface area (Å²) in [6, 6.07) is 3.47. The summed E-state index contributed by atoms with van der Waals surface area (Å²) in [5.41, 5.74) is -0.0297. The second-order valence-electron chi connectivity index (χ2n) is 7.33. The number of nitrogens with one attached hydrogen (secondary N) is 1. The molecule has 28 heavy (non-hydrogen) atoms. The standard InChI is InChI=1S/C19H26F3N3O3/c1-13-10-24(11-14(2)28-13)12-18(26)23-16-9-15(19(20,21)22)3-4-17(16)25-5-7-27-8-6-25/h3-4,9,13-14H,5-8,10-12H2,1-2H3,(H,23,26). The van der Waals surface area contributed by atoms with Crippen molar-refractivity contribution in [3.63, 3.8) is 0 Å². The minimum Gasteiger partial charge on any atom is -0.378 e. The Morgan fingerprint density at radius 1 is 1.18 bits per heavy atom. The van der Waals surface area contributed by atoms with Crippen LogP contribution in [0.3, 0.4) is 0 Å². The molecule has 2 heterocycles. The van der Waals surface area contributed by atoms with E-state index in [2.05, 4.69) is 5.32 Å². The van der Waals surface area contributed by atoms with E-state index in [4.69, 9.17) is 9.47 Å². The zero-order valence-corrected chi connectivity index (χ0v) is 16.1. The van der Waals surface area contributed by atoms with Gasteiger partial charge in [0.05, 0.1) is 48.9 Å². The van der Waals surface area contributed by atoms with Gasteiger partial charge in [-0.15, -0.1) is 0 Å². The van der Waals surface area contributed by atoms with Gasteiger partial charge in [0.25, 0.3) is 0 Å². The Morgan fingerprint density at radius 3 is 2.43 bits per heavy atom. The highest BCUT2D eigenvalue weighted by atomic mass is 19.4. The Labute approximate surface area is 162 Å². The van der Waals surface area contributed by atoms with Gasteiger partial charge in [-0.2, -0.15) is 13.2 Å². The second kappa shape index (κ2) is 8.67. The summed E-state index contributed by atoms with van der Waals surface area (Å²) in [6.45, 7) is 7.31. The van der Waals surface area contributed by atoms with Crippen LogP contribution in [0.25, 0.3) is 0 Å². The highest BCUT2D eigenvalue weighted by Gasteiger charge is 2.32. The number of carbonyl (C=O) groups excluding carboxylic acids is 1. The average molecular weight is 401 g/mol. The van der Waals surface area contributed by atoms with Crippen LogP contribution in [-0.4, -0.2) is 69.0 Å². The lowest BCUT2D eigenvalue weighted by Crippen LogP contribution is -2.48. The Hall–Kier alpha value is -1.84. The monoisotopic (exact) mass is 401 g/mol. The number of halogens is 3. The molecule has 0 bridgehead atoms. The van der Waals surface area contributed by atoms with Crippen LogP contribution in [0.4, 0.5) is 24.5 Å². The normalized spacial score (nSPS) is 24.2. The molecular formula is C19H26F3N3O3. The Kier molecular flexibility index (Phi) is 6.47. The summed E-state index contributed by atoms with van der Waals surface area (Å²) in [5, 5.41) is 2.69. The van der Waals surface area contributed by atoms with Gasteiger partial charge < -0.3 is 19.7 Å². The zero-order valence-electron chi connectivity index (χ0n) is 16.1. The Morgan fingerprint density at radius 2 is 1.82 bits per heavy atom. The first-order chi connectivity index (χ1) is 13.2. The van der Waals surface area contributed by atoms with E-state index in [1.54, 1.807) is 0 Å². The number of hydrogen-bond acceptors (Lipinski definition) is 5. The van der Waals surface area contributed by atoms with E-state index in [0.717, 1.165) is 12.1 Å². The molecular weight excluding hydrogens is 375 g/mol. The third-order valence-electron chi connectivity index (χ3n) is 4.81. The van der Waals surface area contributed by atoms with E-state index in [1.165, 1.54) is 6.07 Å². The molecule has 0 radical (unpaired) electrons. The number of nitrogens with zero attached hydrogens (tertiary/aromatic N) is 2. The van der Waals surface area contributed by atoms with Crippen LogP contribution in [0.1, 0.15) is 19.4 Å². The summed E-state index contributed by atoms with van der Waals surface area (Å²) in [6.07, 6.45) is -4.46. The predicted octanol–water partition coefficient (Wildman–Crippen LogP) is 2.59. The number of benzene rings is 1. The number of amides is 1. The van der Waals surface area contributed by atoms with Crippen LogP contribution in [0, 0.1) is 0 Å². The van der Waals surface area contributed by atoms with Crippen LogP contribution in [-0.2, 0) is 20.4 Å². The van der Waals surface area contributed by atoms with Gasteiger partial charge in [0.2, 0.25) is 5.91 Å². The number of morpholine rings is 2. The van der Waals surface area contributed by atoms with E-state index < -0.39 is 11.7 Å². The van der Waals surface area contributed by atoms with Crippen LogP contribution in [0.15, 0.2) is 18.2 Å². The van der Waals surface area contributed by atoms with E-state index in [0.29, 0.717) is 45.1 Å². The van der Waals surface area contributed by atoms with Gasteiger partial charge in [-0.1, -0.05) is 0 Å². The molecule has 3 rings (SSSR count). The molecule has 2 unspecified atom stereocenters. The lowest BCUT2D eigenvalue weighted by Gasteiger charge is -2.35. The zero-order chi connectivity index (χ0) is 20.3. The SMILES string of the molecule is CC1CN(CC(=O)Nc2cc(C(F)(F)F)ccc2N2CCOCC2)CC(C)O1. The molecule has 1 amide bonds.